The standard InChI is InChI=1S/C12H15FN2O2/c13-10-4-2-1-3-9(10)11-5-6-15(7-8-16)12(17)14-11/h1-4,11,16H,5-8H2,(H,14,17). The normalized spacial score (nSPS) is 20.2. The predicted molar refractivity (Wildman–Crippen MR) is 60.9 cm³/mol. The summed E-state index contributed by atoms with van der Waals surface area (Å²) in [5.41, 5.74) is 0.518. The molecule has 0 aliphatic carbocycles. The number of hydrogen-bond acceptors (Lipinski definition) is 2. The summed E-state index contributed by atoms with van der Waals surface area (Å²) >= 11 is 0. The average molecular weight is 238 g/mol. The van der Waals surface area contributed by atoms with Crippen LogP contribution in [-0.2, 0) is 0 Å². The Bertz CT molecular complexity index is 411. The molecule has 2 amide bonds. The molecule has 0 saturated carbocycles. The Hall–Kier alpha value is -1.62. The summed E-state index contributed by atoms with van der Waals surface area (Å²) in [6.45, 7) is 0.791. The monoisotopic (exact) mass is 238 g/mol. The predicted octanol–water partition coefficient (Wildman–Crippen LogP) is 1.27. The molecule has 4 nitrogen and oxygen atoms in total. The lowest BCUT2D eigenvalue weighted by Crippen LogP contribution is -2.49. The van der Waals surface area contributed by atoms with Crippen LogP contribution >= 0.6 is 0 Å². The molecular weight excluding hydrogens is 223 g/mol. The van der Waals surface area contributed by atoms with Gasteiger partial charge < -0.3 is 15.3 Å². The molecule has 1 heterocycles. The van der Waals surface area contributed by atoms with Gasteiger partial charge in [-0.2, -0.15) is 0 Å². The second-order valence-corrected chi connectivity index (χ2v) is 4.02. The number of carbonyl (C=O) groups excluding carboxylic acids is 1. The third-order valence-corrected chi connectivity index (χ3v) is 2.92. The molecule has 0 bridgehead atoms. The van der Waals surface area contributed by atoms with Gasteiger partial charge in [0.25, 0.3) is 0 Å². The van der Waals surface area contributed by atoms with Gasteiger partial charge in [0.1, 0.15) is 5.82 Å². The van der Waals surface area contributed by atoms with E-state index >= 15 is 0 Å². The van der Waals surface area contributed by atoms with E-state index in [1.54, 1.807) is 18.2 Å². The first-order valence-electron chi connectivity index (χ1n) is 5.63. The van der Waals surface area contributed by atoms with E-state index in [9.17, 15) is 9.18 Å². The molecule has 1 fully saturated rings. The topological polar surface area (TPSA) is 52.6 Å². The fourth-order valence-corrected chi connectivity index (χ4v) is 2.02. The Morgan fingerprint density at radius 1 is 1.47 bits per heavy atom. The van der Waals surface area contributed by atoms with Gasteiger partial charge in [-0.25, -0.2) is 9.18 Å². The molecule has 0 aromatic heterocycles. The molecule has 1 aliphatic heterocycles. The fourth-order valence-electron chi connectivity index (χ4n) is 2.02. The summed E-state index contributed by atoms with van der Waals surface area (Å²) in [4.78, 5) is 13.2. The van der Waals surface area contributed by atoms with E-state index in [-0.39, 0.29) is 24.5 Å². The van der Waals surface area contributed by atoms with Gasteiger partial charge in [0.2, 0.25) is 0 Å². The number of aliphatic hydroxyl groups is 1. The van der Waals surface area contributed by atoms with E-state index < -0.39 is 0 Å². The summed E-state index contributed by atoms with van der Waals surface area (Å²) in [6, 6.07) is 5.92. The molecule has 1 atom stereocenters. The number of nitrogens with zero attached hydrogens (tertiary/aromatic N) is 1. The molecule has 0 radical (unpaired) electrons. The van der Waals surface area contributed by atoms with E-state index in [1.807, 2.05) is 0 Å². The number of amides is 2. The van der Waals surface area contributed by atoms with Crippen molar-refractivity contribution in [1.82, 2.24) is 10.2 Å². The van der Waals surface area contributed by atoms with Crippen LogP contribution in [0.1, 0.15) is 18.0 Å². The lowest BCUT2D eigenvalue weighted by atomic mass is 10.0. The molecule has 1 aromatic rings. The Kier molecular flexibility index (Phi) is 3.58. The van der Waals surface area contributed by atoms with E-state index in [1.165, 1.54) is 11.0 Å². The van der Waals surface area contributed by atoms with Crippen molar-refractivity contribution in [3.8, 4) is 0 Å². The summed E-state index contributed by atoms with van der Waals surface area (Å²) < 4.78 is 13.5. The minimum absolute atomic E-state index is 0.0578. The number of halogens is 1. The minimum atomic E-state index is -0.298. The molecule has 2 N–H and O–H groups in total. The number of rotatable bonds is 3. The molecular formula is C12H15FN2O2. The maximum absolute atomic E-state index is 13.5. The van der Waals surface area contributed by atoms with Crippen LogP contribution in [0.15, 0.2) is 24.3 Å². The largest absolute Gasteiger partial charge is 0.395 e. The Labute approximate surface area is 99.0 Å². The molecule has 5 heteroatoms. The van der Waals surface area contributed by atoms with Gasteiger partial charge in [0.05, 0.1) is 12.6 Å². The molecule has 0 spiro atoms. The second-order valence-electron chi connectivity index (χ2n) is 4.02. The highest BCUT2D eigenvalue weighted by atomic mass is 19.1. The summed E-state index contributed by atoms with van der Waals surface area (Å²) in [5, 5.41) is 11.5. The van der Waals surface area contributed by atoms with Crippen LogP contribution in [0.25, 0.3) is 0 Å². The van der Waals surface area contributed by atoms with E-state index in [0.717, 1.165) is 0 Å². The zero-order chi connectivity index (χ0) is 12.3. The second kappa shape index (κ2) is 5.14. The van der Waals surface area contributed by atoms with Crippen molar-refractivity contribution in [2.45, 2.75) is 12.5 Å². The van der Waals surface area contributed by atoms with Gasteiger partial charge in [-0.3, -0.25) is 0 Å². The lowest BCUT2D eigenvalue weighted by Gasteiger charge is -2.32. The number of hydrogen-bond donors (Lipinski definition) is 2. The van der Waals surface area contributed by atoms with Crippen LogP contribution in [0.2, 0.25) is 0 Å². The number of aliphatic hydroxyl groups excluding tert-OH is 1. The first-order chi connectivity index (χ1) is 8.22. The summed E-state index contributed by atoms with van der Waals surface area (Å²) in [7, 11) is 0. The van der Waals surface area contributed by atoms with Crippen LogP contribution < -0.4 is 5.32 Å². The van der Waals surface area contributed by atoms with Gasteiger partial charge in [-0.1, -0.05) is 18.2 Å². The van der Waals surface area contributed by atoms with Crippen LogP contribution in [0.3, 0.4) is 0 Å². The Morgan fingerprint density at radius 3 is 2.88 bits per heavy atom. The van der Waals surface area contributed by atoms with Crippen LogP contribution in [-0.4, -0.2) is 35.7 Å². The molecule has 92 valence electrons. The average Bonchev–Trinajstić information content (AvgIpc) is 2.33. The van der Waals surface area contributed by atoms with Crippen molar-refractivity contribution in [1.29, 1.82) is 0 Å². The third-order valence-electron chi connectivity index (χ3n) is 2.92. The SMILES string of the molecule is O=C1NC(c2ccccc2F)CCN1CCO. The van der Waals surface area contributed by atoms with Gasteiger partial charge in [-0.15, -0.1) is 0 Å². The molecule has 1 aliphatic rings. The molecule has 1 aromatic carbocycles. The van der Waals surface area contributed by atoms with Crippen LogP contribution in [0.4, 0.5) is 9.18 Å². The molecule has 1 unspecified atom stereocenters. The number of nitrogens with one attached hydrogen (secondary N) is 1. The van der Waals surface area contributed by atoms with Crippen molar-refractivity contribution in [3.63, 3.8) is 0 Å². The zero-order valence-electron chi connectivity index (χ0n) is 9.40. The molecule has 1 saturated heterocycles. The fraction of sp³-hybridized carbons (Fsp3) is 0.417. The van der Waals surface area contributed by atoms with Gasteiger partial charge in [0.15, 0.2) is 0 Å². The number of carbonyl (C=O) groups is 1. The highest BCUT2D eigenvalue weighted by Crippen LogP contribution is 2.23. The highest BCUT2D eigenvalue weighted by molar-refractivity contribution is 5.75. The highest BCUT2D eigenvalue weighted by Gasteiger charge is 2.26. The van der Waals surface area contributed by atoms with Crippen molar-refractivity contribution in [2.75, 3.05) is 19.7 Å². The van der Waals surface area contributed by atoms with Gasteiger partial charge >= 0.3 is 6.03 Å². The van der Waals surface area contributed by atoms with Crippen LogP contribution in [0, 0.1) is 5.82 Å². The van der Waals surface area contributed by atoms with Crippen LogP contribution in [0.5, 0.6) is 0 Å². The van der Waals surface area contributed by atoms with Crippen molar-refractivity contribution in [3.05, 3.63) is 35.6 Å². The van der Waals surface area contributed by atoms with E-state index in [4.69, 9.17) is 5.11 Å². The quantitative estimate of drug-likeness (QED) is 0.833. The van der Waals surface area contributed by atoms with Gasteiger partial charge in [0, 0.05) is 18.7 Å². The first-order valence-corrected chi connectivity index (χ1v) is 5.63. The maximum Gasteiger partial charge on any atom is 0.317 e. The molecule has 2 rings (SSSR count). The zero-order valence-corrected chi connectivity index (χ0v) is 9.40. The summed E-state index contributed by atoms with van der Waals surface area (Å²) in [5.74, 6) is -0.298. The third kappa shape index (κ3) is 2.55. The Morgan fingerprint density at radius 2 is 2.24 bits per heavy atom. The van der Waals surface area contributed by atoms with Crippen molar-refractivity contribution in [2.24, 2.45) is 0 Å². The number of β-amino-alcohol motifs (C(OH)–C–C–N with tert-alkyl or cyclic N) is 1. The van der Waals surface area contributed by atoms with E-state index in [0.29, 0.717) is 25.1 Å². The van der Waals surface area contributed by atoms with Crippen molar-refractivity contribution >= 4 is 6.03 Å². The van der Waals surface area contributed by atoms with Crippen molar-refractivity contribution < 1.29 is 14.3 Å². The van der Waals surface area contributed by atoms with E-state index in [2.05, 4.69) is 5.32 Å². The number of benzene rings is 1. The van der Waals surface area contributed by atoms with Gasteiger partial charge in [-0.05, 0) is 12.5 Å². The minimum Gasteiger partial charge on any atom is -0.395 e. The smallest absolute Gasteiger partial charge is 0.317 e. The summed E-state index contributed by atoms with van der Waals surface area (Å²) in [6.07, 6.45) is 0.646. The number of urea groups is 1. The Balaban J connectivity index is 2.07. The maximum atomic E-state index is 13.5. The lowest BCUT2D eigenvalue weighted by molar-refractivity contribution is 0.155. The first kappa shape index (κ1) is 11.9. The molecule has 17 heavy (non-hydrogen) atoms.